The summed E-state index contributed by atoms with van der Waals surface area (Å²) in [6, 6.07) is 10.8. The van der Waals surface area contributed by atoms with E-state index in [9.17, 15) is 18.4 Å². The fraction of sp³-hybridized carbons (Fsp3) is 0. The third-order valence-electron chi connectivity index (χ3n) is 3.90. The molecule has 4 heteroatoms. The minimum Gasteiger partial charge on any atom is -0.289 e. The molecule has 0 bridgehead atoms. The second kappa shape index (κ2) is 4.31. The molecule has 106 valence electrons. The van der Waals surface area contributed by atoms with Crippen molar-refractivity contribution in [3.63, 3.8) is 0 Å². The monoisotopic (exact) mass is 294 g/mol. The third-order valence-corrected chi connectivity index (χ3v) is 3.90. The van der Waals surface area contributed by atoms with Crippen LogP contribution in [-0.4, -0.2) is 11.6 Å². The first-order valence-corrected chi connectivity index (χ1v) is 6.67. The summed E-state index contributed by atoms with van der Waals surface area (Å²) in [5.74, 6) is -1.74. The van der Waals surface area contributed by atoms with Crippen molar-refractivity contribution in [3.05, 3.63) is 82.4 Å². The topological polar surface area (TPSA) is 34.1 Å². The molecule has 0 spiro atoms. The average Bonchev–Trinajstić information content (AvgIpc) is 2.51. The number of fused-ring (bicyclic) bond motifs is 3. The molecular weight excluding hydrogens is 286 g/mol. The Morgan fingerprint density at radius 3 is 1.86 bits per heavy atom. The number of rotatable bonds is 0. The molecule has 0 fully saturated rings. The molecule has 0 aromatic heterocycles. The van der Waals surface area contributed by atoms with E-state index >= 15 is 0 Å². The Labute approximate surface area is 124 Å². The number of halogens is 2. The van der Waals surface area contributed by atoms with Crippen molar-refractivity contribution >= 4 is 22.3 Å². The molecule has 3 aromatic carbocycles. The van der Waals surface area contributed by atoms with Crippen molar-refractivity contribution in [3.8, 4) is 0 Å². The molecule has 2 nitrogen and oxygen atoms in total. The normalized spacial score (nSPS) is 13.2. The molecular formula is C18H8F2O2. The van der Waals surface area contributed by atoms with Crippen LogP contribution in [0.1, 0.15) is 31.8 Å². The van der Waals surface area contributed by atoms with E-state index in [2.05, 4.69) is 0 Å². The number of ketones is 2. The molecule has 0 saturated heterocycles. The van der Waals surface area contributed by atoms with Gasteiger partial charge < -0.3 is 0 Å². The van der Waals surface area contributed by atoms with Crippen LogP contribution < -0.4 is 0 Å². The SMILES string of the molecule is O=C1c2ccc(F)cc2C(=O)c2cc3cc(F)ccc3cc21. The summed E-state index contributed by atoms with van der Waals surface area (Å²) < 4.78 is 26.7. The van der Waals surface area contributed by atoms with E-state index in [4.69, 9.17) is 0 Å². The molecule has 1 aliphatic rings. The van der Waals surface area contributed by atoms with Gasteiger partial charge in [0.15, 0.2) is 11.6 Å². The Kier molecular flexibility index (Phi) is 2.51. The largest absolute Gasteiger partial charge is 0.289 e. The molecule has 3 aromatic rings. The van der Waals surface area contributed by atoms with Crippen LogP contribution >= 0.6 is 0 Å². The van der Waals surface area contributed by atoms with Gasteiger partial charge in [0, 0.05) is 22.3 Å². The van der Waals surface area contributed by atoms with Crippen molar-refractivity contribution in [2.75, 3.05) is 0 Å². The molecule has 0 saturated carbocycles. The van der Waals surface area contributed by atoms with E-state index in [1.54, 1.807) is 12.1 Å². The van der Waals surface area contributed by atoms with Gasteiger partial charge in [-0.3, -0.25) is 9.59 Å². The Bertz CT molecular complexity index is 990. The number of benzene rings is 3. The van der Waals surface area contributed by atoms with Crippen LogP contribution in [-0.2, 0) is 0 Å². The number of hydrogen-bond acceptors (Lipinski definition) is 2. The van der Waals surface area contributed by atoms with Gasteiger partial charge in [0.1, 0.15) is 11.6 Å². The zero-order valence-electron chi connectivity index (χ0n) is 11.2. The van der Waals surface area contributed by atoms with E-state index in [1.165, 1.54) is 24.3 Å². The highest BCUT2D eigenvalue weighted by molar-refractivity contribution is 6.29. The Morgan fingerprint density at radius 2 is 1.09 bits per heavy atom. The molecule has 0 atom stereocenters. The molecule has 0 heterocycles. The fourth-order valence-electron chi connectivity index (χ4n) is 2.84. The quantitative estimate of drug-likeness (QED) is 0.493. The summed E-state index contributed by atoms with van der Waals surface area (Å²) in [4.78, 5) is 25.0. The maximum Gasteiger partial charge on any atom is 0.194 e. The number of carbonyl (C=O) groups is 2. The first-order valence-electron chi connectivity index (χ1n) is 6.67. The van der Waals surface area contributed by atoms with Crippen molar-refractivity contribution < 1.29 is 18.4 Å². The maximum absolute atomic E-state index is 13.4. The predicted octanol–water partition coefficient (Wildman–Crippen LogP) is 3.89. The highest BCUT2D eigenvalue weighted by Gasteiger charge is 2.30. The highest BCUT2D eigenvalue weighted by Crippen LogP contribution is 2.31. The van der Waals surface area contributed by atoms with Crippen LogP contribution in [0.4, 0.5) is 8.78 Å². The van der Waals surface area contributed by atoms with Crippen LogP contribution in [0.5, 0.6) is 0 Å². The summed E-state index contributed by atoms with van der Waals surface area (Å²) in [5.41, 5.74) is 0.693. The van der Waals surface area contributed by atoms with Gasteiger partial charge >= 0.3 is 0 Å². The van der Waals surface area contributed by atoms with E-state index in [-0.39, 0.29) is 28.0 Å². The molecule has 4 rings (SSSR count). The lowest BCUT2D eigenvalue weighted by molar-refractivity contribution is 0.0979. The maximum atomic E-state index is 13.4. The standard InChI is InChI=1S/C18H8F2O2/c19-11-2-1-9-6-14-15(7-10(9)5-11)18(22)16-8-12(20)3-4-13(16)17(14)21/h1-8H. The first-order chi connectivity index (χ1) is 10.5. The lowest BCUT2D eigenvalue weighted by atomic mass is 9.83. The van der Waals surface area contributed by atoms with E-state index in [0.717, 1.165) is 12.1 Å². The molecule has 0 radical (unpaired) electrons. The van der Waals surface area contributed by atoms with Crippen LogP contribution in [0.2, 0.25) is 0 Å². The van der Waals surface area contributed by atoms with Gasteiger partial charge in [0.05, 0.1) is 0 Å². The molecule has 22 heavy (non-hydrogen) atoms. The zero-order chi connectivity index (χ0) is 15.4. The molecule has 0 unspecified atom stereocenters. The van der Waals surface area contributed by atoms with Gasteiger partial charge in [-0.1, -0.05) is 6.07 Å². The summed E-state index contributed by atoms with van der Waals surface area (Å²) >= 11 is 0. The Balaban J connectivity index is 2.04. The fourth-order valence-corrected chi connectivity index (χ4v) is 2.84. The Hall–Kier alpha value is -2.88. The average molecular weight is 294 g/mol. The lowest BCUT2D eigenvalue weighted by Crippen LogP contribution is -2.21. The summed E-state index contributed by atoms with van der Waals surface area (Å²) in [7, 11) is 0. The second-order valence-electron chi connectivity index (χ2n) is 5.24. The van der Waals surface area contributed by atoms with Gasteiger partial charge in [0.2, 0.25) is 0 Å². The van der Waals surface area contributed by atoms with Gasteiger partial charge in [-0.25, -0.2) is 8.78 Å². The van der Waals surface area contributed by atoms with Crippen LogP contribution in [0.25, 0.3) is 10.8 Å². The second-order valence-corrected chi connectivity index (χ2v) is 5.24. The molecule has 0 aliphatic heterocycles. The van der Waals surface area contributed by atoms with Crippen molar-refractivity contribution in [2.24, 2.45) is 0 Å². The van der Waals surface area contributed by atoms with Crippen LogP contribution in [0.3, 0.4) is 0 Å². The number of carbonyl (C=O) groups excluding carboxylic acids is 2. The predicted molar refractivity (Wildman–Crippen MR) is 77.2 cm³/mol. The van der Waals surface area contributed by atoms with Crippen LogP contribution in [0, 0.1) is 11.6 Å². The summed E-state index contributed by atoms with van der Waals surface area (Å²) in [6.45, 7) is 0. The summed E-state index contributed by atoms with van der Waals surface area (Å²) in [5, 5.41) is 1.20. The number of hydrogen-bond donors (Lipinski definition) is 0. The first kappa shape index (κ1) is 12.8. The molecule has 1 aliphatic carbocycles. The highest BCUT2D eigenvalue weighted by atomic mass is 19.1. The van der Waals surface area contributed by atoms with Crippen molar-refractivity contribution in [2.45, 2.75) is 0 Å². The van der Waals surface area contributed by atoms with Crippen molar-refractivity contribution in [1.29, 1.82) is 0 Å². The van der Waals surface area contributed by atoms with E-state index < -0.39 is 17.4 Å². The van der Waals surface area contributed by atoms with Gasteiger partial charge in [-0.2, -0.15) is 0 Å². The van der Waals surface area contributed by atoms with Crippen LogP contribution in [0.15, 0.2) is 48.5 Å². The molecule has 0 amide bonds. The van der Waals surface area contributed by atoms with Gasteiger partial charge in [-0.15, -0.1) is 0 Å². The summed E-state index contributed by atoms with van der Waals surface area (Å²) in [6.07, 6.45) is 0. The zero-order valence-corrected chi connectivity index (χ0v) is 11.2. The van der Waals surface area contributed by atoms with Gasteiger partial charge in [0.25, 0.3) is 0 Å². The van der Waals surface area contributed by atoms with Gasteiger partial charge in [-0.05, 0) is 53.2 Å². The smallest absolute Gasteiger partial charge is 0.194 e. The van der Waals surface area contributed by atoms with E-state index in [1.807, 2.05) is 0 Å². The van der Waals surface area contributed by atoms with Crippen molar-refractivity contribution in [1.82, 2.24) is 0 Å². The minimum atomic E-state index is -0.574. The third kappa shape index (κ3) is 1.70. The Morgan fingerprint density at radius 1 is 0.545 bits per heavy atom. The van der Waals surface area contributed by atoms with E-state index in [0.29, 0.717) is 10.8 Å². The lowest BCUT2D eigenvalue weighted by Gasteiger charge is -2.18. The molecule has 0 N–H and O–H groups in total. The minimum absolute atomic E-state index is 0.0493.